The zero-order chi connectivity index (χ0) is 95.0. The molecule has 3 saturated heterocycles. The van der Waals surface area contributed by atoms with Gasteiger partial charge in [0, 0.05) is 19.6 Å². The number of hydrogen-bond acceptors (Lipinski definition) is 16. The molecule has 10 N–H and O–H groups in total. The minimum absolute atomic E-state index is 0.0210. The molecule has 0 aliphatic carbocycles. The van der Waals surface area contributed by atoms with Crippen LogP contribution in [0.1, 0.15) is 169 Å². The van der Waals surface area contributed by atoms with E-state index in [0.717, 1.165) is 22.0 Å². The molecule has 698 valence electrons. The van der Waals surface area contributed by atoms with Crippen molar-refractivity contribution in [1.82, 2.24) is 59.8 Å². The number of alkyl halides is 18. The Morgan fingerprint density at radius 2 is 0.708 bits per heavy atom. The van der Waals surface area contributed by atoms with Crippen LogP contribution in [0.5, 0.6) is 0 Å². The second kappa shape index (κ2) is 38.7. The Balaban J connectivity index is 0.000000190. The summed E-state index contributed by atoms with van der Waals surface area (Å²) in [5.74, 6) is -2.56. The summed E-state index contributed by atoms with van der Waals surface area (Å²) in [6.45, 7) is 2.84. The molecule has 6 heterocycles. The molecule has 10 aromatic rings. The number of amides is 3. The predicted molar refractivity (Wildman–Crippen MR) is 426 cm³/mol. The summed E-state index contributed by atoms with van der Waals surface area (Å²) in [7, 11) is 0. The van der Waals surface area contributed by atoms with Crippen molar-refractivity contribution in [3.05, 3.63) is 299 Å². The number of carbonyl (C=O) groups is 4. The highest BCUT2D eigenvalue weighted by atomic mass is 19.4. The van der Waals surface area contributed by atoms with Crippen molar-refractivity contribution in [1.29, 1.82) is 0 Å². The maximum Gasteiger partial charge on any atom is 0.416 e. The van der Waals surface area contributed by atoms with Crippen LogP contribution in [0.4, 0.5) is 83.8 Å². The van der Waals surface area contributed by atoms with Crippen molar-refractivity contribution in [2.45, 2.75) is 174 Å². The molecule has 3 aliphatic rings. The molecule has 3 aromatic heterocycles. The van der Waals surface area contributed by atoms with Crippen LogP contribution in [0.15, 0.2) is 209 Å². The number of hydrogen-bond donors (Lipinski definition) is 8. The number of aromatic nitrogens is 9. The average molecular weight is 1850 g/mol. The van der Waals surface area contributed by atoms with Crippen molar-refractivity contribution in [3.8, 4) is 0 Å². The summed E-state index contributed by atoms with van der Waals surface area (Å²) in [5, 5.41) is 34.7. The molecule has 3 amide bonds. The van der Waals surface area contributed by atoms with Gasteiger partial charge >= 0.3 is 66.2 Å². The smallest absolute Gasteiger partial charge is 0.416 e. The fourth-order valence-corrected chi connectivity index (χ4v) is 16.5. The number of nitrogens with two attached hydrogens (primary N) is 2. The van der Waals surface area contributed by atoms with Crippen LogP contribution in [0, 0.1) is 0 Å². The Bertz CT molecular complexity index is 5440. The largest absolute Gasteiger partial charge is 0.481 e. The number of aromatic amines is 3. The second-order valence-corrected chi connectivity index (χ2v) is 32.1. The van der Waals surface area contributed by atoms with E-state index < -0.39 is 188 Å². The van der Waals surface area contributed by atoms with Crippen LogP contribution >= 0.6 is 0 Å². The van der Waals surface area contributed by atoms with Gasteiger partial charge in [-0.1, -0.05) is 121 Å². The van der Waals surface area contributed by atoms with E-state index >= 15 is 0 Å². The minimum Gasteiger partial charge on any atom is -0.481 e. The van der Waals surface area contributed by atoms with Crippen molar-refractivity contribution < 1.29 is 122 Å². The summed E-state index contributed by atoms with van der Waals surface area (Å²) in [5.41, 5.74) is -4.97. The molecular formula is C86H86F18N14O12. The highest BCUT2D eigenvalue weighted by Crippen LogP contribution is 2.50. The Labute approximate surface area is 726 Å². The standard InChI is InChI=1S/C34H32F6N4O6.2C26H27F6N5O3/c1-22(24-14-26(33(35,36)37)16-27(15-24)34(38,39)40)50-20-32(25-10-6-3-7-11-25)13-12-31(17-28(45)46,44-21-41-42-29(44)47)19-43(32)30(48)49-18-23-8-4-2-5-9-23;2*1-16(17-9-19(25(27,28)29)11-20(10-17)26(30,31)32)40-14-24(18-5-3-2-4-6-18)8-7-23(13-34-24,12-21(33)38)37-15-35-36-22(37)39/h2-11,14-16,21-22H,12-13,17-20H2,1H3,(H,42,47)(H,45,46);2*2-6,9-11,15-16,34H,7-8,12-14H2,1H3,(H2,33,38)(H,36,39)/t22-,31-,32-;2*16-,23-,24-/m111/s1. The predicted octanol–water partition coefficient (Wildman–Crippen LogP) is 15.4. The fourth-order valence-electron chi connectivity index (χ4n) is 16.5. The molecule has 0 bridgehead atoms. The highest BCUT2D eigenvalue weighted by molar-refractivity contribution is 5.75. The number of likely N-dealkylation sites (tertiary alicyclic amines) is 1. The number of H-pyrrole nitrogens is 3. The lowest BCUT2D eigenvalue weighted by Gasteiger charge is -2.53. The number of aliphatic carboxylic acids is 1. The number of benzene rings is 7. The molecule has 3 fully saturated rings. The number of nitrogens with zero attached hydrogens (tertiary/aromatic N) is 7. The summed E-state index contributed by atoms with van der Waals surface area (Å²) in [4.78, 5) is 89.1. The van der Waals surface area contributed by atoms with E-state index in [4.69, 9.17) is 30.4 Å². The van der Waals surface area contributed by atoms with Crippen LogP contribution in [0.25, 0.3) is 0 Å². The lowest BCUT2D eigenvalue weighted by molar-refractivity contribution is -0.145. The molecule has 44 heteroatoms. The van der Waals surface area contributed by atoms with Crippen LogP contribution < -0.4 is 39.2 Å². The van der Waals surface area contributed by atoms with Crippen LogP contribution in [-0.2, 0) is 110 Å². The van der Waals surface area contributed by atoms with E-state index in [1.54, 1.807) is 121 Å². The SMILES string of the molecule is C[C@@H](OC[C@@]1(c2ccccc2)CC[C@](CC(=O)O)(n2cn[nH]c2=O)CN1C(=O)OCc1ccccc1)c1cc(C(F)(F)F)cc(C(F)(F)F)c1.C[C@@H](OC[C@@]1(c2ccccc2)CC[C@](CC(N)=O)(n2cn[nH]c2=O)CN1)c1cc(C(F)(F)F)cc(C(F)(F)F)c1.C[C@@H](OC[C@@]1(c2ccccc2)CC[C@](CC(N)=O)(n2cn[nH]c2=O)CN1)c1cc(C(F)(F)F)cc(C(F)(F)F)c1. The second-order valence-electron chi connectivity index (χ2n) is 32.1. The Kier molecular flexibility index (Phi) is 29.2. The first-order valence-corrected chi connectivity index (χ1v) is 39.9. The van der Waals surface area contributed by atoms with Gasteiger partial charge in [0.25, 0.3) is 0 Å². The Hall–Kier alpha value is -12.4. The van der Waals surface area contributed by atoms with E-state index in [1.807, 2.05) is 0 Å². The maximum absolute atomic E-state index is 14.2. The highest BCUT2D eigenvalue weighted by Gasteiger charge is 2.56. The molecule has 3 aliphatic heterocycles. The minimum atomic E-state index is -5.08. The number of halogens is 18. The zero-order valence-electron chi connectivity index (χ0n) is 69.0. The van der Waals surface area contributed by atoms with Crippen LogP contribution in [0.2, 0.25) is 0 Å². The Morgan fingerprint density at radius 3 is 0.992 bits per heavy atom. The molecule has 7 aromatic carbocycles. The van der Waals surface area contributed by atoms with E-state index in [9.17, 15) is 118 Å². The first kappa shape index (κ1) is 98.2. The van der Waals surface area contributed by atoms with Crippen LogP contribution in [-0.4, -0.2) is 118 Å². The monoisotopic (exact) mass is 1850 g/mol. The lowest BCUT2D eigenvalue weighted by Crippen LogP contribution is -2.64. The van der Waals surface area contributed by atoms with Gasteiger partial charge in [-0.3, -0.25) is 33.0 Å². The van der Waals surface area contributed by atoms with E-state index in [1.165, 1.54) is 47.5 Å². The number of nitrogens with one attached hydrogen (secondary N) is 5. The third-order valence-corrected chi connectivity index (χ3v) is 23.6. The van der Waals surface area contributed by atoms with Gasteiger partial charge in [-0.15, -0.1) is 0 Å². The number of rotatable bonds is 26. The topological polar surface area (TPSA) is 357 Å². The number of primary amides is 2. The van der Waals surface area contributed by atoms with Crippen LogP contribution in [0.3, 0.4) is 0 Å². The van der Waals surface area contributed by atoms with Gasteiger partial charge in [0.15, 0.2) is 0 Å². The molecule has 0 saturated carbocycles. The molecule has 26 nitrogen and oxygen atoms in total. The van der Waals surface area contributed by atoms with Gasteiger partial charge in [0.1, 0.15) is 25.6 Å². The van der Waals surface area contributed by atoms with Gasteiger partial charge in [0.05, 0.1) is 124 Å². The van der Waals surface area contributed by atoms with Crippen molar-refractivity contribution >= 4 is 23.9 Å². The number of carboxylic acids is 1. The number of ether oxygens (including phenoxy) is 4. The molecule has 0 unspecified atom stereocenters. The van der Waals surface area contributed by atoms with Gasteiger partial charge in [-0.05, 0) is 153 Å². The fraction of sp³-hybridized carbons (Fsp3) is 0.395. The van der Waals surface area contributed by atoms with Gasteiger partial charge in [0.2, 0.25) is 11.8 Å². The zero-order valence-corrected chi connectivity index (χ0v) is 69.0. The number of piperidine rings is 3. The maximum atomic E-state index is 14.2. The Morgan fingerprint density at radius 1 is 0.408 bits per heavy atom. The molecule has 0 radical (unpaired) electrons. The van der Waals surface area contributed by atoms with E-state index in [0.29, 0.717) is 47.5 Å². The number of carbonyl (C=O) groups excluding carboxylic acids is 3. The van der Waals surface area contributed by atoms with E-state index in [2.05, 4.69) is 41.2 Å². The summed E-state index contributed by atoms with van der Waals surface area (Å²) >= 11 is 0. The molecule has 130 heavy (non-hydrogen) atoms. The first-order valence-electron chi connectivity index (χ1n) is 39.9. The molecule has 0 spiro atoms. The summed E-state index contributed by atoms with van der Waals surface area (Å²) < 4.78 is 270. The first-order chi connectivity index (χ1) is 60.8. The lowest BCUT2D eigenvalue weighted by atomic mass is 9.73. The molecule has 13 rings (SSSR count). The summed E-state index contributed by atoms with van der Waals surface area (Å²) in [6.07, 6.45) is -31.0. The summed E-state index contributed by atoms with van der Waals surface area (Å²) in [6, 6.07) is 38.8. The molecular weight excluding hydrogens is 1760 g/mol. The van der Waals surface area contributed by atoms with Gasteiger partial charge in [-0.2, -0.15) is 94.3 Å². The van der Waals surface area contributed by atoms with Crippen molar-refractivity contribution in [3.63, 3.8) is 0 Å². The van der Waals surface area contributed by atoms with Crippen molar-refractivity contribution in [2.75, 3.05) is 39.5 Å². The molecule has 9 atom stereocenters. The normalized spacial score (nSPS) is 21.8. The van der Waals surface area contributed by atoms with Gasteiger partial charge < -0.3 is 46.2 Å². The van der Waals surface area contributed by atoms with Crippen molar-refractivity contribution in [2.24, 2.45) is 11.5 Å². The average Bonchev–Trinajstić information content (AvgIpc) is 1.05. The number of carboxylic acid groups (broad SMARTS) is 1. The van der Waals surface area contributed by atoms with E-state index in [-0.39, 0.29) is 114 Å². The third kappa shape index (κ3) is 22.9. The third-order valence-electron chi connectivity index (χ3n) is 23.6. The van der Waals surface area contributed by atoms with Gasteiger partial charge in [-0.25, -0.2) is 34.5 Å². The quantitative estimate of drug-likeness (QED) is 0.0233.